The Balaban J connectivity index is 1.87. The molecule has 1 aliphatic rings. The lowest BCUT2D eigenvalue weighted by molar-refractivity contribution is -0.385. The van der Waals surface area contributed by atoms with Crippen LogP contribution in [0.4, 0.5) is 5.69 Å². The molecule has 2 rings (SSSR count). The Morgan fingerprint density at radius 2 is 2.19 bits per heavy atom. The van der Waals surface area contributed by atoms with Gasteiger partial charge in [0.1, 0.15) is 0 Å². The first-order valence-corrected chi connectivity index (χ1v) is 8.02. The zero-order chi connectivity index (χ0) is 19.1. The van der Waals surface area contributed by atoms with Crippen molar-refractivity contribution >= 4 is 17.6 Å². The fourth-order valence-electron chi connectivity index (χ4n) is 2.66. The first kappa shape index (κ1) is 19.6. The molecule has 1 fully saturated rings. The molecule has 1 aliphatic heterocycles. The van der Waals surface area contributed by atoms with Crippen molar-refractivity contribution in [1.29, 1.82) is 0 Å². The number of carbonyl (C=O) groups excluding carboxylic acids is 1. The summed E-state index contributed by atoms with van der Waals surface area (Å²) in [5, 5.41) is 19.7. The summed E-state index contributed by atoms with van der Waals surface area (Å²) in [6.07, 6.45) is -0.303. The molecular formula is C16H21N3O7. The lowest BCUT2D eigenvalue weighted by atomic mass is 10.2. The van der Waals surface area contributed by atoms with Crippen molar-refractivity contribution in [1.82, 2.24) is 9.80 Å². The van der Waals surface area contributed by atoms with Crippen LogP contribution in [0, 0.1) is 10.1 Å². The maximum atomic E-state index is 12.3. The summed E-state index contributed by atoms with van der Waals surface area (Å²) < 4.78 is 10.9. The molecule has 1 unspecified atom stereocenters. The van der Waals surface area contributed by atoms with Crippen LogP contribution < -0.4 is 4.74 Å². The number of rotatable bonds is 8. The lowest BCUT2D eigenvalue weighted by Crippen LogP contribution is -2.50. The molecule has 1 N–H and O–H groups in total. The second kappa shape index (κ2) is 9.11. The highest BCUT2D eigenvalue weighted by Crippen LogP contribution is 2.25. The molecule has 0 aromatic heterocycles. The topological polar surface area (TPSA) is 122 Å². The van der Waals surface area contributed by atoms with E-state index in [0.29, 0.717) is 26.2 Å². The number of ether oxygens (including phenoxy) is 2. The van der Waals surface area contributed by atoms with Gasteiger partial charge in [0.25, 0.3) is 5.91 Å². The Kier molecular flexibility index (Phi) is 6.87. The van der Waals surface area contributed by atoms with E-state index in [-0.39, 0.29) is 36.6 Å². The molecule has 0 aliphatic carbocycles. The highest BCUT2D eigenvalue weighted by Gasteiger charge is 2.26. The van der Waals surface area contributed by atoms with Gasteiger partial charge in [-0.05, 0) is 13.1 Å². The molecule has 1 heterocycles. The first-order valence-electron chi connectivity index (χ1n) is 8.02. The van der Waals surface area contributed by atoms with Crippen LogP contribution in [0.15, 0.2) is 24.3 Å². The second-order valence-electron chi connectivity index (χ2n) is 5.94. The van der Waals surface area contributed by atoms with Crippen LogP contribution in [0.25, 0.3) is 0 Å². The van der Waals surface area contributed by atoms with Crippen LogP contribution in [0.5, 0.6) is 5.75 Å². The maximum absolute atomic E-state index is 12.3. The molecular weight excluding hydrogens is 346 g/mol. The minimum Gasteiger partial charge on any atom is -0.480 e. The van der Waals surface area contributed by atoms with E-state index in [1.54, 1.807) is 22.9 Å². The Labute approximate surface area is 150 Å². The van der Waals surface area contributed by atoms with Crippen LogP contribution in [0.3, 0.4) is 0 Å². The molecule has 1 amide bonds. The maximum Gasteiger partial charge on any atom is 0.317 e. The summed E-state index contributed by atoms with van der Waals surface area (Å²) in [6, 6.07) is 5.86. The molecule has 1 atom stereocenters. The first-order chi connectivity index (χ1) is 12.4. The number of benzene rings is 1. The number of hydrogen-bond acceptors (Lipinski definition) is 7. The summed E-state index contributed by atoms with van der Waals surface area (Å²) in [7, 11) is 1.66. The summed E-state index contributed by atoms with van der Waals surface area (Å²) in [5.41, 5.74) is -0.199. The van der Waals surface area contributed by atoms with Gasteiger partial charge < -0.3 is 19.5 Å². The summed E-state index contributed by atoms with van der Waals surface area (Å²) >= 11 is 0. The Bertz CT molecular complexity index is 667. The van der Waals surface area contributed by atoms with E-state index in [2.05, 4.69) is 0 Å². The SMILES string of the molecule is CN(CC(=O)O)CC1CN(C(=O)COc2ccccc2[N+](=O)[O-])CCO1. The van der Waals surface area contributed by atoms with Gasteiger partial charge in [0.2, 0.25) is 0 Å². The Morgan fingerprint density at radius 3 is 2.88 bits per heavy atom. The van der Waals surface area contributed by atoms with Crippen molar-refractivity contribution in [2.45, 2.75) is 6.10 Å². The number of carboxylic acid groups (broad SMARTS) is 1. The third kappa shape index (κ3) is 5.67. The number of likely N-dealkylation sites (N-methyl/N-ethyl adjacent to an activating group) is 1. The average molecular weight is 367 g/mol. The van der Waals surface area contributed by atoms with Gasteiger partial charge in [-0.2, -0.15) is 0 Å². The number of aliphatic carboxylic acids is 1. The van der Waals surface area contributed by atoms with Gasteiger partial charge in [-0.1, -0.05) is 12.1 Å². The summed E-state index contributed by atoms with van der Waals surface area (Å²) in [6.45, 7) is 0.974. The molecule has 0 radical (unpaired) electrons. The molecule has 0 bridgehead atoms. The van der Waals surface area contributed by atoms with Crippen LogP contribution >= 0.6 is 0 Å². The Morgan fingerprint density at radius 1 is 1.46 bits per heavy atom. The van der Waals surface area contributed by atoms with Crippen molar-refractivity contribution in [3.8, 4) is 5.75 Å². The van der Waals surface area contributed by atoms with E-state index in [0.717, 1.165) is 0 Å². The van der Waals surface area contributed by atoms with Gasteiger partial charge in [-0.15, -0.1) is 0 Å². The summed E-state index contributed by atoms with van der Waals surface area (Å²) in [4.78, 5) is 36.6. The third-order valence-electron chi connectivity index (χ3n) is 3.83. The molecule has 0 spiro atoms. The third-order valence-corrected chi connectivity index (χ3v) is 3.83. The normalized spacial score (nSPS) is 17.2. The number of hydrogen-bond donors (Lipinski definition) is 1. The molecule has 1 saturated heterocycles. The number of nitro benzene ring substituents is 1. The van der Waals surface area contributed by atoms with Gasteiger partial charge in [0.05, 0.1) is 24.2 Å². The van der Waals surface area contributed by atoms with Crippen molar-refractivity contribution in [2.24, 2.45) is 0 Å². The van der Waals surface area contributed by atoms with Gasteiger partial charge in [0.15, 0.2) is 12.4 Å². The van der Waals surface area contributed by atoms with Crippen LogP contribution in [-0.4, -0.2) is 84.3 Å². The average Bonchev–Trinajstić information content (AvgIpc) is 2.59. The number of amides is 1. The van der Waals surface area contributed by atoms with Crippen LogP contribution in [0.2, 0.25) is 0 Å². The predicted molar refractivity (Wildman–Crippen MR) is 90.0 cm³/mol. The molecule has 26 heavy (non-hydrogen) atoms. The molecule has 142 valence electrons. The smallest absolute Gasteiger partial charge is 0.317 e. The monoisotopic (exact) mass is 367 g/mol. The van der Waals surface area contributed by atoms with E-state index in [4.69, 9.17) is 14.6 Å². The van der Waals surface area contributed by atoms with Gasteiger partial charge in [0, 0.05) is 25.7 Å². The number of morpholine rings is 1. The van der Waals surface area contributed by atoms with E-state index in [9.17, 15) is 19.7 Å². The lowest BCUT2D eigenvalue weighted by Gasteiger charge is -2.34. The van der Waals surface area contributed by atoms with E-state index >= 15 is 0 Å². The number of carboxylic acids is 1. The zero-order valence-corrected chi connectivity index (χ0v) is 14.4. The zero-order valence-electron chi connectivity index (χ0n) is 14.4. The van der Waals surface area contributed by atoms with E-state index in [1.807, 2.05) is 0 Å². The Hall–Kier alpha value is -2.72. The van der Waals surface area contributed by atoms with Crippen LogP contribution in [0.1, 0.15) is 0 Å². The minimum atomic E-state index is -0.936. The number of nitro groups is 1. The molecule has 10 nitrogen and oxygen atoms in total. The van der Waals surface area contributed by atoms with Crippen molar-refractivity contribution in [3.63, 3.8) is 0 Å². The van der Waals surface area contributed by atoms with Gasteiger partial charge in [-0.25, -0.2) is 0 Å². The van der Waals surface area contributed by atoms with Crippen molar-refractivity contribution < 1.29 is 29.1 Å². The number of carbonyl (C=O) groups is 2. The molecule has 1 aromatic rings. The van der Waals surface area contributed by atoms with Gasteiger partial charge in [-0.3, -0.25) is 24.6 Å². The highest BCUT2D eigenvalue weighted by molar-refractivity contribution is 5.78. The van der Waals surface area contributed by atoms with Crippen molar-refractivity contribution in [3.05, 3.63) is 34.4 Å². The van der Waals surface area contributed by atoms with E-state index < -0.39 is 10.9 Å². The fourth-order valence-corrected chi connectivity index (χ4v) is 2.66. The second-order valence-corrected chi connectivity index (χ2v) is 5.94. The fraction of sp³-hybridized carbons (Fsp3) is 0.500. The largest absolute Gasteiger partial charge is 0.480 e. The quantitative estimate of drug-likeness (QED) is 0.511. The van der Waals surface area contributed by atoms with Gasteiger partial charge >= 0.3 is 11.7 Å². The molecule has 0 saturated carbocycles. The van der Waals surface area contributed by atoms with Crippen molar-refractivity contribution in [2.75, 3.05) is 46.4 Å². The number of nitrogens with zero attached hydrogens (tertiary/aromatic N) is 3. The molecule has 10 heteroatoms. The summed E-state index contributed by atoms with van der Waals surface area (Å²) in [5.74, 6) is -1.21. The standard InChI is InChI=1S/C16H21N3O7/c1-17(10-16(21)22)8-12-9-18(6-7-25-12)15(20)11-26-14-5-3-2-4-13(14)19(23)24/h2-5,12H,6-11H2,1H3,(H,21,22). The molecule has 1 aromatic carbocycles. The minimum absolute atomic E-state index is 0.0388. The van der Waals surface area contributed by atoms with E-state index in [1.165, 1.54) is 18.2 Å². The predicted octanol–water partition coefficient (Wildman–Crippen LogP) is 0.217. The highest BCUT2D eigenvalue weighted by atomic mass is 16.6. The number of para-hydroxylation sites is 2. The van der Waals surface area contributed by atoms with Crippen LogP contribution in [-0.2, 0) is 14.3 Å².